The highest BCUT2D eigenvalue weighted by Gasteiger charge is 2.16. The second-order valence-corrected chi connectivity index (χ2v) is 4.70. The largest absolute Gasteiger partial charge is 0.497 e. The molecule has 0 aromatic heterocycles. The van der Waals surface area contributed by atoms with Crippen molar-refractivity contribution in [3.05, 3.63) is 36.4 Å². The van der Waals surface area contributed by atoms with Crippen LogP contribution in [0, 0.1) is 0 Å². The fourth-order valence-corrected chi connectivity index (χ4v) is 1.94. The molecule has 0 unspecified atom stereocenters. The Morgan fingerprint density at radius 1 is 1.05 bits per heavy atom. The third kappa shape index (κ3) is 3.66. The summed E-state index contributed by atoms with van der Waals surface area (Å²) in [5.74, 6) is 0.778. The summed E-state index contributed by atoms with van der Waals surface area (Å²) in [7, 11) is 3.04. The first-order valence-electron chi connectivity index (χ1n) is 6.80. The van der Waals surface area contributed by atoms with Crippen molar-refractivity contribution in [3.8, 4) is 11.5 Å². The van der Waals surface area contributed by atoms with Gasteiger partial charge >= 0.3 is 6.03 Å². The van der Waals surface area contributed by atoms with Gasteiger partial charge in [-0.3, -0.25) is 10.1 Å². The van der Waals surface area contributed by atoms with Gasteiger partial charge in [0.15, 0.2) is 6.10 Å². The Morgan fingerprint density at radius 3 is 2.32 bits per heavy atom. The molecule has 0 aliphatic heterocycles. The lowest BCUT2D eigenvalue weighted by atomic mass is 10.1. The van der Waals surface area contributed by atoms with E-state index < -0.39 is 18.0 Å². The zero-order chi connectivity index (χ0) is 16.1. The molecule has 0 fully saturated rings. The minimum Gasteiger partial charge on any atom is -0.497 e. The monoisotopic (exact) mass is 302 g/mol. The van der Waals surface area contributed by atoms with Gasteiger partial charge in [-0.15, -0.1) is 0 Å². The van der Waals surface area contributed by atoms with Crippen LogP contribution in [0.25, 0.3) is 10.8 Å². The molecule has 116 valence electrons. The standard InChI is InChI=1S/C16H18N2O4/c1-10(15(19)18-16(20)17-2)22-14-7-5-11-4-6-13(21-3)8-12(11)9-14/h4-10H,1-3H3,(H2,17,18,19,20)/t10-/m0/s1. The van der Waals surface area contributed by atoms with E-state index in [4.69, 9.17) is 9.47 Å². The van der Waals surface area contributed by atoms with Gasteiger partial charge in [0.25, 0.3) is 5.91 Å². The van der Waals surface area contributed by atoms with Gasteiger partial charge in [-0.1, -0.05) is 12.1 Å². The molecule has 2 aromatic rings. The highest BCUT2D eigenvalue weighted by molar-refractivity contribution is 5.96. The Labute approximate surface area is 128 Å². The van der Waals surface area contributed by atoms with E-state index in [0.717, 1.165) is 16.5 Å². The molecule has 0 radical (unpaired) electrons. The third-order valence-electron chi connectivity index (χ3n) is 3.16. The fraction of sp³-hybridized carbons (Fsp3) is 0.250. The summed E-state index contributed by atoms with van der Waals surface area (Å²) in [6, 6.07) is 10.6. The van der Waals surface area contributed by atoms with E-state index in [1.807, 2.05) is 30.3 Å². The lowest BCUT2D eigenvalue weighted by Gasteiger charge is -2.14. The van der Waals surface area contributed by atoms with Crippen LogP contribution in [-0.2, 0) is 4.79 Å². The molecule has 22 heavy (non-hydrogen) atoms. The van der Waals surface area contributed by atoms with Gasteiger partial charge in [0, 0.05) is 7.05 Å². The maximum Gasteiger partial charge on any atom is 0.321 e. The molecule has 0 aliphatic rings. The van der Waals surface area contributed by atoms with Gasteiger partial charge in [0.05, 0.1) is 7.11 Å². The van der Waals surface area contributed by atoms with E-state index in [0.29, 0.717) is 5.75 Å². The molecule has 2 aromatic carbocycles. The quantitative estimate of drug-likeness (QED) is 0.906. The zero-order valence-corrected chi connectivity index (χ0v) is 12.7. The predicted octanol–water partition coefficient (Wildman–Crippen LogP) is 2.07. The number of carbonyl (C=O) groups excluding carboxylic acids is 2. The highest BCUT2D eigenvalue weighted by Crippen LogP contribution is 2.25. The number of hydrogen-bond acceptors (Lipinski definition) is 4. The topological polar surface area (TPSA) is 76.7 Å². The van der Waals surface area contributed by atoms with Gasteiger partial charge in [0.1, 0.15) is 11.5 Å². The van der Waals surface area contributed by atoms with Crippen LogP contribution in [0.4, 0.5) is 4.79 Å². The number of urea groups is 1. The van der Waals surface area contributed by atoms with E-state index in [-0.39, 0.29) is 0 Å². The molecule has 6 nitrogen and oxygen atoms in total. The number of amides is 3. The highest BCUT2D eigenvalue weighted by atomic mass is 16.5. The molecule has 6 heteroatoms. The number of hydrogen-bond donors (Lipinski definition) is 2. The summed E-state index contributed by atoms with van der Waals surface area (Å²) in [5, 5.41) is 6.46. The van der Waals surface area contributed by atoms with Crippen LogP contribution in [0.3, 0.4) is 0 Å². The molecular formula is C16H18N2O4. The smallest absolute Gasteiger partial charge is 0.321 e. The van der Waals surface area contributed by atoms with Crippen molar-refractivity contribution < 1.29 is 19.1 Å². The van der Waals surface area contributed by atoms with E-state index in [9.17, 15) is 9.59 Å². The summed E-state index contributed by atoms with van der Waals surface area (Å²) in [5.41, 5.74) is 0. The molecule has 0 saturated carbocycles. The van der Waals surface area contributed by atoms with Crippen molar-refractivity contribution in [2.75, 3.05) is 14.2 Å². The summed E-state index contributed by atoms with van der Waals surface area (Å²) in [4.78, 5) is 22.9. The average Bonchev–Trinajstić information content (AvgIpc) is 2.53. The minimum absolute atomic E-state index is 0.509. The van der Waals surface area contributed by atoms with E-state index in [1.54, 1.807) is 20.1 Å². The average molecular weight is 302 g/mol. The number of methoxy groups -OCH3 is 1. The Morgan fingerprint density at radius 2 is 1.68 bits per heavy atom. The number of imide groups is 1. The number of fused-ring (bicyclic) bond motifs is 1. The molecule has 2 N–H and O–H groups in total. The van der Waals surface area contributed by atoms with Crippen LogP contribution in [0.15, 0.2) is 36.4 Å². The van der Waals surface area contributed by atoms with Crippen molar-refractivity contribution in [2.45, 2.75) is 13.0 Å². The third-order valence-corrected chi connectivity index (χ3v) is 3.16. The second-order valence-electron chi connectivity index (χ2n) is 4.70. The van der Waals surface area contributed by atoms with E-state index in [2.05, 4.69) is 10.6 Å². The SMILES string of the molecule is CNC(=O)NC(=O)[C@H](C)Oc1ccc2ccc(OC)cc2c1. The molecular weight excluding hydrogens is 284 g/mol. The number of rotatable bonds is 4. The number of carbonyl (C=O) groups is 2. The van der Waals surface area contributed by atoms with Gasteiger partial charge in [-0.05, 0) is 42.0 Å². The van der Waals surface area contributed by atoms with Crippen LogP contribution in [0.1, 0.15) is 6.92 Å². The Hall–Kier alpha value is -2.76. The summed E-state index contributed by atoms with van der Waals surface area (Å²) in [6.45, 7) is 1.58. The second kappa shape index (κ2) is 6.80. The molecule has 0 aliphatic carbocycles. The molecule has 0 heterocycles. The van der Waals surface area contributed by atoms with Crippen molar-refractivity contribution in [1.29, 1.82) is 0 Å². The molecule has 0 spiro atoms. The summed E-state index contributed by atoms with van der Waals surface area (Å²) >= 11 is 0. The van der Waals surface area contributed by atoms with Gasteiger partial charge in [-0.2, -0.15) is 0 Å². The van der Waals surface area contributed by atoms with Crippen molar-refractivity contribution >= 4 is 22.7 Å². The van der Waals surface area contributed by atoms with Crippen LogP contribution in [0.5, 0.6) is 11.5 Å². The lowest BCUT2D eigenvalue weighted by molar-refractivity contribution is -0.126. The number of ether oxygens (including phenoxy) is 2. The predicted molar refractivity (Wildman–Crippen MR) is 83.2 cm³/mol. The molecule has 0 bridgehead atoms. The molecule has 3 amide bonds. The van der Waals surface area contributed by atoms with Crippen molar-refractivity contribution in [2.24, 2.45) is 0 Å². The van der Waals surface area contributed by atoms with Crippen LogP contribution < -0.4 is 20.1 Å². The first kappa shape index (κ1) is 15.6. The summed E-state index contributed by atoms with van der Waals surface area (Å²) < 4.78 is 10.8. The van der Waals surface area contributed by atoms with Crippen molar-refractivity contribution in [1.82, 2.24) is 10.6 Å². The first-order valence-corrected chi connectivity index (χ1v) is 6.80. The Kier molecular flexibility index (Phi) is 4.83. The first-order chi connectivity index (χ1) is 10.5. The molecule has 1 atom stereocenters. The van der Waals surface area contributed by atoms with Crippen LogP contribution in [0.2, 0.25) is 0 Å². The fourth-order valence-electron chi connectivity index (χ4n) is 1.94. The van der Waals surface area contributed by atoms with Gasteiger partial charge in [-0.25, -0.2) is 4.79 Å². The van der Waals surface area contributed by atoms with E-state index in [1.165, 1.54) is 7.05 Å². The van der Waals surface area contributed by atoms with E-state index >= 15 is 0 Å². The number of nitrogens with one attached hydrogen (secondary N) is 2. The Bertz CT molecular complexity index is 700. The lowest BCUT2D eigenvalue weighted by Crippen LogP contribution is -2.43. The molecule has 2 rings (SSSR count). The minimum atomic E-state index is -0.791. The van der Waals surface area contributed by atoms with Crippen LogP contribution >= 0.6 is 0 Å². The maximum atomic E-state index is 11.8. The number of benzene rings is 2. The van der Waals surface area contributed by atoms with Crippen molar-refractivity contribution in [3.63, 3.8) is 0 Å². The maximum absolute atomic E-state index is 11.8. The zero-order valence-electron chi connectivity index (χ0n) is 12.7. The normalized spacial score (nSPS) is 11.6. The van der Waals surface area contributed by atoms with Crippen LogP contribution in [-0.4, -0.2) is 32.2 Å². The van der Waals surface area contributed by atoms with Gasteiger partial charge in [0.2, 0.25) is 0 Å². The summed E-state index contributed by atoms with van der Waals surface area (Å²) in [6.07, 6.45) is -0.791. The Balaban J connectivity index is 2.13. The molecule has 0 saturated heterocycles. The van der Waals surface area contributed by atoms with Gasteiger partial charge < -0.3 is 14.8 Å².